The Hall–Kier alpha value is -1.55. The maximum absolute atomic E-state index is 17.6. The van der Waals surface area contributed by atoms with Crippen molar-refractivity contribution < 1.29 is 37.7 Å². The van der Waals surface area contributed by atoms with Gasteiger partial charge in [-0.2, -0.15) is 11.8 Å². The number of aliphatic hydroxyl groups excluding tert-OH is 1. The molecule has 5 rings (SSSR count). The molecular formula is C33H46F2O6S. The number of alkyl halides is 2. The summed E-state index contributed by atoms with van der Waals surface area (Å²) in [7, 11) is 0. The highest BCUT2D eigenvalue weighted by Gasteiger charge is 2.80. The summed E-state index contributed by atoms with van der Waals surface area (Å²) in [6, 6.07) is 0. The van der Waals surface area contributed by atoms with Crippen LogP contribution in [0.4, 0.5) is 8.78 Å². The summed E-state index contributed by atoms with van der Waals surface area (Å²) >= 11 is 1.76. The number of hydrogen-bond acceptors (Lipinski definition) is 7. The first-order chi connectivity index (χ1) is 19.7. The number of allylic oxidation sites excluding steroid dienone is 5. The molecule has 4 aliphatic carbocycles. The van der Waals surface area contributed by atoms with Gasteiger partial charge in [-0.15, -0.1) is 0 Å². The molecule has 5 aliphatic rings. The standard InChI is InChI=1S/C33H46F2O6S/c1-7-9-29-40-27-16-21-22-15-24(34)23-14-20(4)11-12-30(23,5)32(22,35)25(36)17-31(21,6)33(27,41-29)26(37)18-39-28(38)10-8-13-42-19(2)3/h11-12,14,19,21-22,24-25,27,29,36H,4,7-10,13,15-18H2,1-3,5-6H3/t21-,22-,24-,25-,27+,29?,30-,31-,32-,33+/m0/s1. The summed E-state index contributed by atoms with van der Waals surface area (Å²) in [4.78, 5) is 26.7. The molecule has 42 heavy (non-hydrogen) atoms. The maximum Gasteiger partial charge on any atom is 0.306 e. The molecule has 10 atom stereocenters. The van der Waals surface area contributed by atoms with Crippen molar-refractivity contribution in [2.45, 2.75) is 121 Å². The van der Waals surface area contributed by atoms with E-state index < -0.39 is 77.0 Å². The second-order valence-electron chi connectivity index (χ2n) is 13.6. The van der Waals surface area contributed by atoms with Gasteiger partial charge in [-0.1, -0.05) is 58.9 Å². The van der Waals surface area contributed by atoms with Crippen LogP contribution in [0.1, 0.15) is 79.6 Å². The Labute approximate surface area is 252 Å². The summed E-state index contributed by atoms with van der Waals surface area (Å²) in [5, 5.41) is 12.2. The summed E-state index contributed by atoms with van der Waals surface area (Å²) in [6.45, 7) is 13.1. The number of fused-ring (bicyclic) bond motifs is 7. The quantitative estimate of drug-likeness (QED) is 0.233. The van der Waals surface area contributed by atoms with Gasteiger partial charge in [-0.25, -0.2) is 8.78 Å². The summed E-state index contributed by atoms with van der Waals surface area (Å²) in [5.41, 5.74) is -5.21. The number of ketones is 1. The highest BCUT2D eigenvalue weighted by atomic mass is 32.2. The van der Waals surface area contributed by atoms with Gasteiger partial charge < -0.3 is 19.3 Å². The zero-order valence-electron chi connectivity index (χ0n) is 25.5. The molecule has 0 aromatic heterocycles. The van der Waals surface area contributed by atoms with E-state index in [2.05, 4.69) is 20.4 Å². The molecule has 0 aromatic rings. The Morgan fingerprint density at radius 2 is 2.00 bits per heavy atom. The zero-order chi connectivity index (χ0) is 30.7. The maximum atomic E-state index is 17.6. The van der Waals surface area contributed by atoms with Crippen LogP contribution in [-0.4, -0.2) is 70.4 Å². The van der Waals surface area contributed by atoms with E-state index in [4.69, 9.17) is 14.2 Å². The first-order valence-corrected chi connectivity index (χ1v) is 16.5. The van der Waals surface area contributed by atoms with Crippen molar-refractivity contribution in [3.63, 3.8) is 0 Å². The van der Waals surface area contributed by atoms with Gasteiger partial charge in [0, 0.05) is 23.2 Å². The van der Waals surface area contributed by atoms with E-state index in [1.54, 1.807) is 36.9 Å². The summed E-state index contributed by atoms with van der Waals surface area (Å²) in [6.07, 6.45) is 2.97. The van der Waals surface area contributed by atoms with Crippen molar-refractivity contribution in [3.8, 4) is 0 Å². The number of carbonyl (C=O) groups is 2. The lowest BCUT2D eigenvalue weighted by Gasteiger charge is -2.63. The third-order valence-electron chi connectivity index (χ3n) is 10.8. The molecule has 1 saturated heterocycles. The van der Waals surface area contributed by atoms with Gasteiger partial charge in [0.15, 0.2) is 24.2 Å². The topological polar surface area (TPSA) is 82.1 Å². The third kappa shape index (κ3) is 4.67. The van der Waals surface area contributed by atoms with Crippen molar-refractivity contribution in [2.75, 3.05) is 12.4 Å². The van der Waals surface area contributed by atoms with E-state index in [9.17, 15) is 14.7 Å². The zero-order valence-corrected chi connectivity index (χ0v) is 26.3. The van der Waals surface area contributed by atoms with E-state index in [-0.39, 0.29) is 19.3 Å². The van der Waals surface area contributed by atoms with Crippen molar-refractivity contribution in [1.82, 2.24) is 0 Å². The number of carbonyl (C=O) groups excluding carboxylic acids is 2. The van der Waals surface area contributed by atoms with Gasteiger partial charge in [0.2, 0.25) is 5.78 Å². The molecule has 1 N–H and O–H groups in total. The fourth-order valence-electron chi connectivity index (χ4n) is 8.82. The molecule has 1 heterocycles. The van der Waals surface area contributed by atoms with Crippen LogP contribution < -0.4 is 0 Å². The molecule has 1 unspecified atom stereocenters. The van der Waals surface area contributed by atoms with Crippen molar-refractivity contribution in [2.24, 2.45) is 22.7 Å². The van der Waals surface area contributed by atoms with Crippen LogP contribution in [0.15, 0.2) is 36.0 Å². The number of ether oxygens (including phenoxy) is 3. The minimum Gasteiger partial charge on any atom is -0.458 e. The Balaban J connectivity index is 1.44. The number of aliphatic hydroxyl groups is 1. The first-order valence-electron chi connectivity index (χ1n) is 15.5. The van der Waals surface area contributed by atoms with E-state index in [0.717, 1.165) is 12.2 Å². The highest BCUT2D eigenvalue weighted by Crippen LogP contribution is 2.72. The Morgan fingerprint density at radius 1 is 1.26 bits per heavy atom. The predicted molar refractivity (Wildman–Crippen MR) is 158 cm³/mol. The molecule has 234 valence electrons. The molecule has 3 saturated carbocycles. The number of rotatable bonds is 10. The van der Waals surface area contributed by atoms with Crippen molar-refractivity contribution >= 4 is 23.5 Å². The highest BCUT2D eigenvalue weighted by molar-refractivity contribution is 7.99. The van der Waals surface area contributed by atoms with Crippen LogP contribution in [0.25, 0.3) is 0 Å². The molecule has 0 amide bonds. The van der Waals surface area contributed by atoms with Crippen LogP contribution in [-0.2, 0) is 23.8 Å². The van der Waals surface area contributed by atoms with Gasteiger partial charge in [0.05, 0.1) is 12.2 Å². The average molecular weight is 609 g/mol. The third-order valence-corrected chi connectivity index (χ3v) is 12.0. The number of esters is 1. The molecule has 6 nitrogen and oxygen atoms in total. The summed E-state index contributed by atoms with van der Waals surface area (Å²) in [5.74, 6) is -1.45. The Kier molecular flexibility index (Phi) is 8.67. The largest absolute Gasteiger partial charge is 0.458 e. The van der Waals surface area contributed by atoms with Crippen molar-refractivity contribution in [1.29, 1.82) is 0 Å². The molecule has 4 fully saturated rings. The van der Waals surface area contributed by atoms with Crippen LogP contribution in [0, 0.1) is 22.7 Å². The van der Waals surface area contributed by atoms with E-state index in [1.165, 1.54) is 0 Å². The lowest BCUT2D eigenvalue weighted by molar-refractivity contribution is -0.234. The lowest BCUT2D eigenvalue weighted by atomic mass is 9.44. The second kappa shape index (κ2) is 11.4. The minimum absolute atomic E-state index is 0.0654. The number of hydrogen-bond donors (Lipinski definition) is 1. The molecule has 0 aromatic carbocycles. The number of halogens is 2. The van der Waals surface area contributed by atoms with Crippen LogP contribution >= 0.6 is 11.8 Å². The SMILES string of the molecule is C=C1C=C[C@@]2(C)C(=C1)[C@@H](F)C[C@H]1[C@@H]3C[C@H]4OC(CCC)O[C@@]4(C(=O)COC(=O)CCCSC(C)C)[C@@]3(C)C[C@H](O)[C@@]12F. The number of thioether (sulfide) groups is 1. The molecular weight excluding hydrogens is 562 g/mol. The normalized spacial score (nSPS) is 43.8. The Morgan fingerprint density at radius 3 is 2.69 bits per heavy atom. The van der Waals surface area contributed by atoms with Gasteiger partial charge >= 0.3 is 5.97 Å². The first kappa shape index (κ1) is 31.9. The minimum atomic E-state index is -2.16. The molecule has 0 radical (unpaired) electrons. The predicted octanol–water partition coefficient (Wildman–Crippen LogP) is 6.22. The number of Topliss-reactive ketones (excluding diaryl/α,β-unsaturated/α-hetero) is 1. The van der Waals surface area contributed by atoms with Crippen LogP contribution in [0.3, 0.4) is 0 Å². The van der Waals surface area contributed by atoms with E-state index in [0.29, 0.717) is 35.7 Å². The smallest absolute Gasteiger partial charge is 0.306 e. The van der Waals surface area contributed by atoms with Crippen LogP contribution in [0.5, 0.6) is 0 Å². The van der Waals surface area contributed by atoms with E-state index >= 15 is 8.78 Å². The molecule has 1 aliphatic heterocycles. The molecule has 0 spiro atoms. The fourth-order valence-corrected chi connectivity index (χ4v) is 9.60. The monoisotopic (exact) mass is 608 g/mol. The van der Waals surface area contributed by atoms with Gasteiger partial charge in [-0.05, 0) is 67.1 Å². The second-order valence-corrected chi connectivity index (χ2v) is 15.3. The molecule has 0 bridgehead atoms. The van der Waals surface area contributed by atoms with Gasteiger partial charge in [-0.3, -0.25) is 9.59 Å². The Bertz CT molecular complexity index is 1170. The molecule has 9 heteroatoms. The average Bonchev–Trinajstić information content (AvgIpc) is 3.40. The van der Waals surface area contributed by atoms with Gasteiger partial charge in [0.1, 0.15) is 6.17 Å². The van der Waals surface area contributed by atoms with E-state index in [1.807, 2.05) is 13.8 Å². The lowest BCUT2D eigenvalue weighted by Crippen LogP contribution is -2.70. The van der Waals surface area contributed by atoms with Crippen LogP contribution in [0.2, 0.25) is 0 Å². The summed E-state index contributed by atoms with van der Waals surface area (Å²) < 4.78 is 51.8. The van der Waals surface area contributed by atoms with Crippen molar-refractivity contribution in [3.05, 3.63) is 36.0 Å². The fraction of sp³-hybridized carbons (Fsp3) is 0.758. The van der Waals surface area contributed by atoms with Gasteiger partial charge in [0.25, 0.3) is 0 Å².